The van der Waals surface area contributed by atoms with Crippen LogP contribution in [0.5, 0.6) is 0 Å². The van der Waals surface area contributed by atoms with E-state index < -0.39 is 11.6 Å². The summed E-state index contributed by atoms with van der Waals surface area (Å²) in [6.45, 7) is 8.44. The maximum atomic E-state index is 12.2. The number of piperidine rings is 1. The molecule has 0 bridgehead atoms. The van der Waals surface area contributed by atoms with Crippen molar-refractivity contribution in [2.24, 2.45) is 10.8 Å². The number of aliphatic hydroxyl groups is 1. The van der Waals surface area contributed by atoms with E-state index in [0.717, 1.165) is 24.3 Å². The topological polar surface area (TPSA) is 60.8 Å². The molecule has 0 radical (unpaired) electrons. The molecule has 2 aromatic rings. The summed E-state index contributed by atoms with van der Waals surface area (Å²) in [5.41, 5.74) is 1.15. The number of nitrogens with zero attached hydrogens (tertiary/aromatic N) is 1. The number of fused-ring (bicyclic) bond motifs is 1. The minimum Gasteiger partial charge on any atom is -0.479 e. The molecule has 0 amide bonds. The molecule has 0 spiro atoms. The predicted octanol–water partition coefficient (Wildman–Crippen LogP) is 3.81. The Kier molecular flexibility index (Phi) is 4.47. The third-order valence-electron chi connectivity index (χ3n) is 6.99. The predicted molar refractivity (Wildman–Crippen MR) is 114 cm³/mol. The van der Waals surface area contributed by atoms with Crippen LogP contribution in [0.1, 0.15) is 43.9 Å². The van der Waals surface area contributed by atoms with Gasteiger partial charge in [-0.15, -0.1) is 5.92 Å². The summed E-state index contributed by atoms with van der Waals surface area (Å²) in [6.07, 6.45) is 1.65. The maximum Gasteiger partial charge on any atom is 0.345 e. The Hall–Kier alpha value is -2.77. The molecule has 0 aromatic heterocycles. The number of rotatable bonds is 5. The zero-order valence-corrected chi connectivity index (χ0v) is 17.2. The number of benzene rings is 2. The minimum atomic E-state index is -2.12. The fourth-order valence-corrected chi connectivity index (χ4v) is 4.92. The lowest BCUT2D eigenvalue weighted by molar-refractivity contribution is -0.155. The Morgan fingerprint density at radius 2 is 1.79 bits per heavy atom. The summed E-state index contributed by atoms with van der Waals surface area (Å²) in [5, 5.41) is 21.3. The van der Waals surface area contributed by atoms with Gasteiger partial charge in [-0.1, -0.05) is 56.2 Å². The minimum absolute atomic E-state index is 0.341. The number of carboxylic acids is 1. The van der Waals surface area contributed by atoms with Crippen LogP contribution in [0.25, 0.3) is 0 Å². The van der Waals surface area contributed by atoms with E-state index in [1.165, 1.54) is 6.42 Å². The van der Waals surface area contributed by atoms with Crippen molar-refractivity contribution >= 4 is 11.7 Å². The normalized spacial score (nSPS) is 26.8. The Bertz CT molecular complexity index is 1010. The van der Waals surface area contributed by atoms with Crippen LogP contribution >= 0.6 is 0 Å². The molecule has 1 unspecified atom stereocenters. The SMILES string of the molecule is CC#CCc1cc(N2C[C@@]3(C)C[C@@]3(C)C2)ccc1C(O)(C(=O)O)c1ccccc1. The van der Waals surface area contributed by atoms with Crippen molar-refractivity contribution in [3.8, 4) is 11.8 Å². The first-order valence-corrected chi connectivity index (χ1v) is 10.0. The van der Waals surface area contributed by atoms with Crippen molar-refractivity contribution < 1.29 is 15.0 Å². The van der Waals surface area contributed by atoms with Crippen LogP contribution < -0.4 is 4.90 Å². The van der Waals surface area contributed by atoms with Gasteiger partial charge in [-0.3, -0.25) is 0 Å². The molecule has 150 valence electrons. The van der Waals surface area contributed by atoms with Crippen molar-refractivity contribution in [1.82, 2.24) is 0 Å². The molecule has 2 N–H and O–H groups in total. The van der Waals surface area contributed by atoms with Gasteiger partial charge >= 0.3 is 5.97 Å². The van der Waals surface area contributed by atoms with Gasteiger partial charge in [0.25, 0.3) is 0 Å². The molecule has 2 aliphatic rings. The number of carboxylic acid groups (broad SMARTS) is 1. The van der Waals surface area contributed by atoms with Gasteiger partial charge in [-0.2, -0.15) is 0 Å². The van der Waals surface area contributed by atoms with E-state index in [9.17, 15) is 15.0 Å². The van der Waals surface area contributed by atoms with Gasteiger partial charge in [0, 0.05) is 30.8 Å². The van der Waals surface area contributed by atoms with Crippen molar-refractivity contribution in [3.05, 3.63) is 65.2 Å². The van der Waals surface area contributed by atoms with E-state index in [1.54, 1.807) is 43.3 Å². The van der Waals surface area contributed by atoms with Crippen LogP contribution in [0.2, 0.25) is 0 Å². The molecule has 3 atom stereocenters. The van der Waals surface area contributed by atoms with Crippen molar-refractivity contribution in [1.29, 1.82) is 0 Å². The van der Waals surface area contributed by atoms with E-state index in [1.807, 2.05) is 12.1 Å². The molecule has 2 aromatic carbocycles. The van der Waals surface area contributed by atoms with E-state index in [0.29, 0.717) is 28.4 Å². The second-order valence-electron chi connectivity index (χ2n) is 8.98. The van der Waals surface area contributed by atoms with Gasteiger partial charge < -0.3 is 15.1 Å². The monoisotopic (exact) mass is 389 g/mol. The largest absolute Gasteiger partial charge is 0.479 e. The van der Waals surface area contributed by atoms with Crippen LogP contribution in [0.15, 0.2) is 48.5 Å². The summed E-state index contributed by atoms with van der Waals surface area (Å²) in [7, 11) is 0. The number of hydrogen-bond acceptors (Lipinski definition) is 3. The first-order chi connectivity index (χ1) is 13.7. The number of hydrogen-bond donors (Lipinski definition) is 2. The van der Waals surface area contributed by atoms with Gasteiger partial charge in [0.1, 0.15) is 0 Å². The van der Waals surface area contributed by atoms with Crippen molar-refractivity contribution in [2.75, 3.05) is 18.0 Å². The van der Waals surface area contributed by atoms with Gasteiger partial charge in [-0.25, -0.2) is 4.79 Å². The average molecular weight is 389 g/mol. The lowest BCUT2D eigenvalue weighted by Gasteiger charge is -2.29. The molecule has 4 nitrogen and oxygen atoms in total. The van der Waals surface area contributed by atoms with Gasteiger partial charge in [-0.05, 0) is 47.4 Å². The fraction of sp³-hybridized carbons (Fsp3) is 0.400. The summed E-state index contributed by atoms with van der Waals surface area (Å²) < 4.78 is 0. The first-order valence-electron chi connectivity index (χ1n) is 10.0. The first kappa shape index (κ1) is 19.5. The summed E-state index contributed by atoms with van der Waals surface area (Å²) in [5.74, 6) is 4.64. The second kappa shape index (κ2) is 6.64. The molecule has 4 rings (SSSR count). The molecule has 1 saturated heterocycles. The summed E-state index contributed by atoms with van der Waals surface area (Å²) >= 11 is 0. The zero-order chi connectivity index (χ0) is 20.9. The molecule has 1 aliphatic heterocycles. The maximum absolute atomic E-state index is 12.2. The molecule has 4 heteroatoms. The van der Waals surface area contributed by atoms with E-state index in [-0.39, 0.29) is 0 Å². The Morgan fingerprint density at radius 1 is 1.14 bits per heavy atom. The van der Waals surface area contributed by atoms with E-state index in [2.05, 4.69) is 30.6 Å². The van der Waals surface area contributed by atoms with E-state index >= 15 is 0 Å². The number of carbonyl (C=O) groups is 1. The Balaban J connectivity index is 1.78. The molecule has 1 saturated carbocycles. The standard InChI is InChI=1S/C25H27NO3/c1-4-5-9-18-14-20(26-16-23(2)15-24(23,3)17-26)12-13-21(18)25(29,22(27)28)19-10-7-6-8-11-19/h6-8,10-14,29H,9,15-17H2,1-3H3,(H,27,28)/t23-,24+,25?. The zero-order valence-electron chi connectivity index (χ0n) is 17.2. The molecule has 1 heterocycles. The quantitative estimate of drug-likeness (QED) is 0.764. The molecular weight excluding hydrogens is 362 g/mol. The Labute approximate surface area is 172 Å². The second-order valence-corrected chi connectivity index (χ2v) is 8.98. The number of anilines is 1. The molecule has 2 fully saturated rings. The van der Waals surface area contributed by atoms with Crippen molar-refractivity contribution in [3.63, 3.8) is 0 Å². The highest BCUT2D eigenvalue weighted by Crippen LogP contribution is 2.68. The smallest absolute Gasteiger partial charge is 0.345 e. The lowest BCUT2D eigenvalue weighted by Crippen LogP contribution is -2.38. The van der Waals surface area contributed by atoms with Crippen LogP contribution in [0, 0.1) is 22.7 Å². The third kappa shape index (κ3) is 3.01. The average Bonchev–Trinajstić information content (AvgIpc) is 3.13. The van der Waals surface area contributed by atoms with Gasteiger partial charge in [0.05, 0.1) is 0 Å². The van der Waals surface area contributed by atoms with Crippen LogP contribution in [0.4, 0.5) is 5.69 Å². The third-order valence-corrected chi connectivity index (χ3v) is 6.99. The van der Waals surface area contributed by atoms with Crippen LogP contribution in [-0.4, -0.2) is 29.3 Å². The van der Waals surface area contributed by atoms with Crippen LogP contribution in [0.3, 0.4) is 0 Å². The number of aliphatic carboxylic acids is 1. The summed E-state index contributed by atoms with van der Waals surface area (Å²) in [6, 6.07) is 14.3. The van der Waals surface area contributed by atoms with Gasteiger partial charge in [0.15, 0.2) is 0 Å². The highest BCUT2D eigenvalue weighted by Gasteiger charge is 2.66. The van der Waals surface area contributed by atoms with Crippen molar-refractivity contribution in [2.45, 2.75) is 39.2 Å². The fourth-order valence-electron chi connectivity index (χ4n) is 4.92. The lowest BCUT2D eigenvalue weighted by atomic mass is 9.82. The van der Waals surface area contributed by atoms with Crippen LogP contribution in [-0.2, 0) is 16.8 Å². The molecule has 1 aliphatic carbocycles. The molecular formula is C25H27NO3. The van der Waals surface area contributed by atoms with Gasteiger partial charge in [0.2, 0.25) is 5.60 Å². The Morgan fingerprint density at radius 3 is 2.38 bits per heavy atom. The summed E-state index contributed by atoms with van der Waals surface area (Å²) in [4.78, 5) is 14.6. The van der Waals surface area contributed by atoms with E-state index in [4.69, 9.17) is 0 Å². The highest BCUT2D eigenvalue weighted by molar-refractivity contribution is 5.84. The molecule has 29 heavy (non-hydrogen) atoms. The highest BCUT2D eigenvalue weighted by atomic mass is 16.4.